The molecule has 0 amide bonds. The van der Waals surface area contributed by atoms with E-state index >= 15 is 0 Å². The van der Waals surface area contributed by atoms with Gasteiger partial charge in [-0.2, -0.15) is 0 Å². The third kappa shape index (κ3) is 2500. The van der Waals surface area contributed by atoms with Crippen molar-refractivity contribution in [2.75, 3.05) is 0 Å². The average molecular weight is 311 g/mol. The fourth-order valence-corrected chi connectivity index (χ4v) is 0. The van der Waals surface area contributed by atoms with E-state index in [1.165, 1.54) is 0 Å². The molecule has 84 valence electrons. The Balaban J connectivity index is -0.0000000492. The van der Waals surface area contributed by atoms with E-state index in [0.29, 0.717) is 0 Å². The zero-order chi connectivity index (χ0) is 12.7. The van der Waals surface area contributed by atoms with Crippen molar-refractivity contribution in [3.8, 4) is 0 Å². The Morgan fingerprint density at radius 3 is 0.571 bits per heavy atom. The molecule has 0 N–H and O–H groups in total. The molecule has 0 saturated carbocycles. The molecule has 0 unspecified atom stereocenters. The van der Waals surface area contributed by atoms with Crippen LogP contribution in [0, 0.1) is 0 Å². The van der Waals surface area contributed by atoms with E-state index in [1.54, 1.807) is 0 Å². The van der Waals surface area contributed by atoms with Gasteiger partial charge in [-0.15, -0.1) is 13.2 Å². The first kappa shape index (κ1) is 24.2. The van der Waals surface area contributed by atoms with Crippen LogP contribution in [0.2, 0.25) is 0 Å². The fraction of sp³-hybridized carbons (Fsp3) is 0. The maximum Gasteiger partial charge on any atom is 0.239 e. The lowest BCUT2D eigenvalue weighted by Crippen LogP contribution is -1.47. The van der Waals surface area contributed by atoms with Crippen molar-refractivity contribution in [2.24, 2.45) is 0 Å². The molecule has 3 nitrogen and oxygen atoms in total. The molecule has 14 heavy (non-hydrogen) atoms. The van der Waals surface area contributed by atoms with Crippen LogP contribution in [0.4, 0.5) is 14.4 Å². The minimum atomic E-state index is -0.444. The van der Waals surface area contributed by atoms with Crippen LogP contribution in [0.1, 0.15) is 0 Å². The molecule has 0 spiro atoms. The van der Waals surface area contributed by atoms with Gasteiger partial charge in [-0.1, -0.05) is 75.8 Å². The topological polar surface area (TPSA) is 51.2 Å². The van der Waals surface area contributed by atoms with Crippen LogP contribution >= 0.6 is 75.8 Å². The van der Waals surface area contributed by atoms with E-state index < -0.39 is 13.3 Å². The predicted molar refractivity (Wildman–Crippen MR) is 81.4 cm³/mol. The van der Waals surface area contributed by atoms with Crippen LogP contribution in [-0.2, 0) is 0 Å². The lowest BCUT2D eigenvalue weighted by molar-refractivity contribution is 0.276. The van der Waals surface area contributed by atoms with E-state index in [-0.39, 0.29) is 0 Å². The van der Waals surface area contributed by atoms with Crippen LogP contribution in [0.3, 0.4) is 0 Å². The second-order valence-electron chi connectivity index (χ2n) is 0.848. The minimum absolute atomic E-state index is 0.444. The Bertz CT molecular complexity index is 130. The molecule has 0 aliphatic rings. The Morgan fingerprint density at radius 1 is 0.571 bits per heavy atom. The molecule has 0 heterocycles. The summed E-state index contributed by atoms with van der Waals surface area (Å²) in [4.78, 5) is 27.5. The Morgan fingerprint density at radius 2 is 0.571 bits per heavy atom. The van der Waals surface area contributed by atoms with Crippen LogP contribution in [0.25, 0.3) is 0 Å². The summed E-state index contributed by atoms with van der Waals surface area (Å²) in [5.74, 6) is 0. The lowest BCUT2D eigenvalue weighted by Gasteiger charge is -1.54. The van der Waals surface area contributed by atoms with Gasteiger partial charge in [-0.25, -0.2) is 0 Å². The van der Waals surface area contributed by atoms with Gasteiger partial charge < -0.3 is 0 Å². The van der Waals surface area contributed by atoms with Crippen LogP contribution < -0.4 is 0 Å². The number of carbonyl (C=O) groups is 3. The summed E-state index contributed by atoms with van der Waals surface area (Å²) in [6.45, 7) is 6.00. The minimum Gasteiger partial charge on any atom is -0.275 e. The van der Waals surface area contributed by atoms with Crippen molar-refractivity contribution in [3.05, 3.63) is 13.2 Å². The SMILES string of the molecule is C=C.O=C(S)S.O=C(S)S.O=C(S)S. The highest BCUT2D eigenvalue weighted by molar-refractivity contribution is 8.23. The highest BCUT2D eigenvalue weighted by Crippen LogP contribution is 1.82. The van der Waals surface area contributed by atoms with Gasteiger partial charge in [0.1, 0.15) is 0 Å². The largest absolute Gasteiger partial charge is 0.275 e. The van der Waals surface area contributed by atoms with Crippen molar-refractivity contribution >= 4 is 89.1 Å². The smallest absolute Gasteiger partial charge is 0.239 e. The van der Waals surface area contributed by atoms with Crippen molar-refractivity contribution < 1.29 is 14.4 Å². The summed E-state index contributed by atoms with van der Waals surface area (Å²) in [5.41, 5.74) is 0. The molecule has 0 aromatic carbocycles. The maximum atomic E-state index is 9.17. The molecule has 0 radical (unpaired) electrons. The predicted octanol–water partition coefficient (Wildman–Crippen LogP) is 3.70. The van der Waals surface area contributed by atoms with Gasteiger partial charge in [0.25, 0.3) is 0 Å². The highest BCUT2D eigenvalue weighted by atomic mass is 32.2. The Labute approximate surface area is 116 Å². The molecule has 0 rings (SSSR count). The maximum absolute atomic E-state index is 9.17. The second kappa shape index (κ2) is 23.6. The molecule has 9 heteroatoms. The summed E-state index contributed by atoms with van der Waals surface area (Å²) < 4.78 is -1.33. The van der Waals surface area contributed by atoms with E-state index in [0.717, 1.165) is 0 Å². The van der Waals surface area contributed by atoms with Crippen LogP contribution in [0.5, 0.6) is 0 Å². The number of hydrogen-bond donors (Lipinski definition) is 6. The lowest BCUT2D eigenvalue weighted by atomic mass is 11.3. The summed E-state index contributed by atoms with van der Waals surface area (Å²) in [5, 5.41) is 0. The van der Waals surface area contributed by atoms with Gasteiger partial charge in [0.2, 0.25) is 13.3 Å². The first-order valence-corrected chi connectivity index (χ1v) is 5.14. The zero-order valence-corrected chi connectivity index (χ0v) is 12.2. The van der Waals surface area contributed by atoms with Gasteiger partial charge >= 0.3 is 0 Å². The normalized spacial score (nSPS) is 5.86. The quantitative estimate of drug-likeness (QED) is 0.305. The van der Waals surface area contributed by atoms with E-state index in [9.17, 15) is 14.4 Å². The zero-order valence-electron chi connectivity index (χ0n) is 6.82. The molecular weight excluding hydrogens is 300 g/mol. The van der Waals surface area contributed by atoms with Crippen molar-refractivity contribution in [2.45, 2.75) is 0 Å². The van der Waals surface area contributed by atoms with Crippen molar-refractivity contribution in [1.82, 2.24) is 0 Å². The second-order valence-corrected chi connectivity index (χ2v) is 4.34. The monoisotopic (exact) mass is 310 g/mol. The van der Waals surface area contributed by atoms with Crippen LogP contribution in [-0.4, -0.2) is 13.3 Å². The molecule has 0 aromatic rings. The fourth-order valence-electron chi connectivity index (χ4n) is 0. The molecule has 0 aliphatic carbocycles. The van der Waals surface area contributed by atoms with Crippen molar-refractivity contribution in [1.29, 1.82) is 0 Å². The Hall–Kier alpha value is 0.850. The standard InChI is InChI=1S/C2H4.3CH2OS2/c1-2;3*2-1(3)4/h1-2H2;3*(H2,2,3,4). The van der Waals surface area contributed by atoms with Gasteiger partial charge in [0, 0.05) is 0 Å². The molecule has 0 bridgehead atoms. The highest BCUT2D eigenvalue weighted by Gasteiger charge is 1.66. The van der Waals surface area contributed by atoms with E-state index in [1.807, 2.05) is 0 Å². The van der Waals surface area contributed by atoms with Gasteiger partial charge in [0.05, 0.1) is 0 Å². The summed E-state index contributed by atoms with van der Waals surface area (Å²) >= 11 is 19.1. The van der Waals surface area contributed by atoms with Crippen molar-refractivity contribution in [3.63, 3.8) is 0 Å². The first-order valence-electron chi connectivity index (χ1n) is 2.45. The van der Waals surface area contributed by atoms with Gasteiger partial charge in [0.15, 0.2) is 0 Å². The molecule has 0 fully saturated rings. The summed E-state index contributed by atoms with van der Waals surface area (Å²) in [6, 6.07) is 0. The number of thiol groups is 6. The number of carbonyl (C=O) groups excluding carboxylic acids is 3. The summed E-state index contributed by atoms with van der Waals surface area (Å²) in [6.07, 6.45) is 0. The average Bonchev–Trinajstić information content (AvgIpc) is 1.86. The summed E-state index contributed by atoms with van der Waals surface area (Å²) in [7, 11) is 0. The molecule has 0 aromatic heterocycles. The molecule has 0 atom stereocenters. The van der Waals surface area contributed by atoms with E-state index in [2.05, 4.69) is 88.9 Å². The molecular formula is C5H10O3S6. The molecule has 0 saturated heterocycles. The third-order valence-electron chi connectivity index (χ3n) is 0. The first-order chi connectivity index (χ1) is 6.20. The molecule has 0 aliphatic heterocycles. The number of hydrogen-bond acceptors (Lipinski definition) is 3. The Kier molecular flexibility index (Phi) is 40.7. The van der Waals surface area contributed by atoms with E-state index in [4.69, 9.17) is 0 Å². The van der Waals surface area contributed by atoms with Gasteiger partial charge in [-0.05, 0) is 0 Å². The van der Waals surface area contributed by atoms with Crippen LogP contribution in [0.15, 0.2) is 13.2 Å². The third-order valence-corrected chi connectivity index (χ3v) is 0. The number of rotatable bonds is 0. The van der Waals surface area contributed by atoms with Gasteiger partial charge in [-0.3, -0.25) is 14.4 Å².